The van der Waals surface area contributed by atoms with E-state index in [4.69, 9.17) is 0 Å². The lowest BCUT2D eigenvalue weighted by Gasteiger charge is -2.33. The third-order valence-corrected chi connectivity index (χ3v) is 2.24. The molecule has 0 radical (unpaired) electrons. The van der Waals surface area contributed by atoms with Crippen molar-refractivity contribution in [3.63, 3.8) is 0 Å². The van der Waals surface area contributed by atoms with Crippen molar-refractivity contribution in [2.45, 2.75) is 13.8 Å². The molecule has 1 heterocycles. The highest BCUT2D eigenvalue weighted by molar-refractivity contribution is 5.16. The lowest BCUT2D eigenvalue weighted by Crippen LogP contribution is -2.34. The van der Waals surface area contributed by atoms with Crippen molar-refractivity contribution in [2.75, 3.05) is 26.7 Å². The van der Waals surface area contributed by atoms with E-state index in [1.807, 2.05) is 0 Å². The summed E-state index contributed by atoms with van der Waals surface area (Å²) in [6.07, 6.45) is 6.48. The summed E-state index contributed by atoms with van der Waals surface area (Å²) in [5, 5.41) is 0. The minimum atomic E-state index is 1.03. The van der Waals surface area contributed by atoms with Crippen LogP contribution in [0.15, 0.2) is 24.0 Å². The smallest absolute Gasteiger partial charge is 0.104 e. The molecular weight excluding hydrogens is 148 g/mol. The van der Waals surface area contributed by atoms with Crippen molar-refractivity contribution in [3.05, 3.63) is 24.0 Å². The van der Waals surface area contributed by atoms with E-state index in [1.165, 1.54) is 5.82 Å². The van der Waals surface area contributed by atoms with Crippen LogP contribution in [0.4, 0.5) is 0 Å². The molecule has 0 saturated heterocycles. The normalized spacial score (nSPS) is 16.2. The zero-order valence-electron chi connectivity index (χ0n) is 8.25. The van der Waals surface area contributed by atoms with Crippen molar-refractivity contribution in [1.29, 1.82) is 0 Å². The molecular formula is C10H18N2. The molecule has 12 heavy (non-hydrogen) atoms. The van der Waals surface area contributed by atoms with E-state index in [0.29, 0.717) is 0 Å². The number of likely N-dealkylation sites (N-methyl/N-ethyl adjacent to an activating group) is 1. The van der Waals surface area contributed by atoms with Crippen LogP contribution in [0.3, 0.4) is 0 Å². The van der Waals surface area contributed by atoms with E-state index in [9.17, 15) is 0 Å². The lowest BCUT2D eigenvalue weighted by molar-refractivity contribution is 0.262. The maximum atomic E-state index is 2.36. The first kappa shape index (κ1) is 9.17. The Morgan fingerprint density at radius 1 is 1.42 bits per heavy atom. The molecule has 0 aromatic rings. The standard InChI is InChI=1S/C10H18N2/c1-4-12(5-2)10-8-6-7-9-11(10)3/h6-8H,4-5,9H2,1-3H3. The highest BCUT2D eigenvalue weighted by atomic mass is 15.3. The van der Waals surface area contributed by atoms with Gasteiger partial charge in [-0.3, -0.25) is 0 Å². The van der Waals surface area contributed by atoms with Crippen LogP contribution in [-0.4, -0.2) is 36.5 Å². The second-order valence-corrected chi connectivity index (χ2v) is 3.01. The molecule has 0 aromatic heterocycles. The van der Waals surface area contributed by atoms with Crippen LogP contribution in [0, 0.1) is 0 Å². The molecule has 0 amide bonds. The average molecular weight is 166 g/mol. The highest BCUT2D eigenvalue weighted by Crippen LogP contribution is 2.11. The van der Waals surface area contributed by atoms with Crippen molar-refractivity contribution < 1.29 is 0 Å². The molecule has 0 saturated carbocycles. The van der Waals surface area contributed by atoms with Gasteiger partial charge in [-0.2, -0.15) is 0 Å². The molecule has 68 valence electrons. The number of nitrogens with zero attached hydrogens (tertiary/aromatic N) is 2. The minimum absolute atomic E-state index is 1.03. The SMILES string of the molecule is CCN(CC)C1=CC=CCN1C. The molecule has 1 rings (SSSR count). The highest BCUT2D eigenvalue weighted by Gasteiger charge is 2.10. The third-order valence-electron chi connectivity index (χ3n) is 2.24. The Labute approximate surface area is 75.2 Å². The van der Waals surface area contributed by atoms with Crippen LogP contribution >= 0.6 is 0 Å². The summed E-state index contributed by atoms with van der Waals surface area (Å²) in [7, 11) is 2.13. The van der Waals surface area contributed by atoms with Gasteiger partial charge in [0, 0.05) is 26.7 Å². The number of hydrogen-bond donors (Lipinski definition) is 0. The first-order valence-electron chi connectivity index (χ1n) is 4.62. The topological polar surface area (TPSA) is 6.48 Å². The van der Waals surface area contributed by atoms with Crippen LogP contribution in [-0.2, 0) is 0 Å². The summed E-state index contributed by atoms with van der Waals surface area (Å²) in [6, 6.07) is 0. The molecule has 0 unspecified atom stereocenters. The maximum absolute atomic E-state index is 2.36. The Morgan fingerprint density at radius 3 is 2.58 bits per heavy atom. The summed E-state index contributed by atoms with van der Waals surface area (Å²) in [5.74, 6) is 1.34. The molecule has 1 aliphatic heterocycles. The molecule has 0 aromatic carbocycles. The second-order valence-electron chi connectivity index (χ2n) is 3.01. The fourth-order valence-corrected chi connectivity index (χ4v) is 1.49. The Morgan fingerprint density at radius 2 is 2.08 bits per heavy atom. The third kappa shape index (κ3) is 1.81. The summed E-state index contributed by atoms with van der Waals surface area (Å²) < 4.78 is 0. The molecule has 2 nitrogen and oxygen atoms in total. The van der Waals surface area contributed by atoms with Gasteiger partial charge >= 0.3 is 0 Å². The van der Waals surface area contributed by atoms with Gasteiger partial charge in [-0.15, -0.1) is 0 Å². The summed E-state index contributed by atoms with van der Waals surface area (Å²) >= 11 is 0. The Hall–Kier alpha value is -0.920. The Kier molecular flexibility index (Phi) is 3.20. The van der Waals surface area contributed by atoms with Crippen LogP contribution < -0.4 is 0 Å². The van der Waals surface area contributed by atoms with Gasteiger partial charge < -0.3 is 9.80 Å². The number of hydrogen-bond acceptors (Lipinski definition) is 2. The monoisotopic (exact) mass is 166 g/mol. The van der Waals surface area contributed by atoms with Gasteiger partial charge in [0.2, 0.25) is 0 Å². The summed E-state index contributed by atoms with van der Waals surface area (Å²) in [6.45, 7) is 7.58. The van der Waals surface area contributed by atoms with Gasteiger partial charge in [-0.25, -0.2) is 0 Å². The van der Waals surface area contributed by atoms with E-state index in [1.54, 1.807) is 0 Å². The van der Waals surface area contributed by atoms with E-state index < -0.39 is 0 Å². The molecule has 2 heteroatoms. The fourth-order valence-electron chi connectivity index (χ4n) is 1.49. The quantitative estimate of drug-likeness (QED) is 0.629. The van der Waals surface area contributed by atoms with Crippen LogP contribution in [0.1, 0.15) is 13.8 Å². The largest absolute Gasteiger partial charge is 0.359 e. The van der Waals surface area contributed by atoms with Crippen molar-refractivity contribution in [3.8, 4) is 0 Å². The van der Waals surface area contributed by atoms with Gasteiger partial charge in [0.25, 0.3) is 0 Å². The van der Waals surface area contributed by atoms with E-state index >= 15 is 0 Å². The molecule has 0 aliphatic carbocycles. The van der Waals surface area contributed by atoms with Crippen LogP contribution in [0.2, 0.25) is 0 Å². The average Bonchev–Trinajstić information content (AvgIpc) is 2.10. The van der Waals surface area contributed by atoms with Crippen molar-refractivity contribution in [2.24, 2.45) is 0 Å². The fraction of sp³-hybridized carbons (Fsp3) is 0.600. The maximum Gasteiger partial charge on any atom is 0.104 e. The first-order chi connectivity index (χ1) is 5.79. The first-order valence-corrected chi connectivity index (χ1v) is 4.62. The molecule has 0 spiro atoms. The lowest BCUT2D eigenvalue weighted by atomic mass is 10.3. The Bertz CT molecular complexity index is 190. The zero-order valence-corrected chi connectivity index (χ0v) is 8.25. The summed E-state index contributed by atoms with van der Waals surface area (Å²) in [4.78, 5) is 4.64. The molecule has 0 bridgehead atoms. The predicted octanol–water partition coefficient (Wildman–Crippen LogP) is 1.67. The van der Waals surface area contributed by atoms with Gasteiger partial charge in [-0.05, 0) is 19.9 Å². The van der Waals surface area contributed by atoms with Gasteiger partial charge in [0.1, 0.15) is 5.82 Å². The Balaban J connectivity index is 2.69. The zero-order chi connectivity index (χ0) is 8.97. The van der Waals surface area contributed by atoms with Crippen LogP contribution in [0.25, 0.3) is 0 Å². The second kappa shape index (κ2) is 4.19. The number of allylic oxidation sites excluding steroid dienone is 2. The van der Waals surface area contributed by atoms with Gasteiger partial charge in [-0.1, -0.05) is 12.2 Å². The minimum Gasteiger partial charge on any atom is -0.359 e. The van der Waals surface area contributed by atoms with Crippen LogP contribution in [0.5, 0.6) is 0 Å². The predicted molar refractivity (Wildman–Crippen MR) is 52.8 cm³/mol. The van der Waals surface area contributed by atoms with E-state index in [2.05, 4.69) is 48.9 Å². The number of rotatable bonds is 3. The summed E-state index contributed by atoms with van der Waals surface area (Å²) in [5.41, 5.74) is 0. The molecule has 0 fully saturated rings. The molecule has 0 N–H and O–H groups in total. The van der Waals surface area contributed by atoms with E-state index in [-0.39, 0.29) is 0 Å². The van der Waals surface area contributed by atoms with Gasteiger partial charge in [0.15, 0.2) is 0 Å². The van der Waals surface area contributed by atoms with Crippen molar-refractivity contribution >= 4 is 0 Å². The van der Waals surface area contributed by atoms with Crippen molar-refractivity contribution in [1.82, 2.24) is 9.80 Å². The van der Waals surface area contributed by atoms with Gasteiger partial charge in [0.05, 0.1) is 0 Å². The molecule has 0 atom stereocenters. The van der Waals surface area contributed by atoms with E-state index in [0.717, 1.165) is 19.6 Å². The molecule has 1 aliphatic rings.